The molecule has 5 heteroatoms. The van der Waals surface area contributed by atoms with E-state index in [0.29, 0.717) is 5.02 Å². The summed E-state index contributed by atoms with van der Waals surface area (Å²) in [6.45, 7) is 0. The predicted octanol–water partition coefficient (Wildman–Crippen LogP) is 3.08. The minimum Gasteiger partial charge on any atom is -0.271 e. The van der Waals surface area contributed by atoms with Crippen LogP contribution in [0.25, 0.3) is 5.69 Å². The molecule has 0 saturated carbocycles. The molecule has 1 aromatic heterocycles. The molecule has 1 atom stereocenters. The minimum atomic E-state index is -0.125. The lowest BCUT2D eigenvalue weighted by atomic mass is 10.0. The van der Waals surface area contributed by atoms with Crippen molar-refractivity contribution in [1.82, 2.24) is 15.2 Å². The smallest absolute Gasteiger partial charge is 0.0740 e. The highest BCUT2D eigenvalue weighted by atomic mass is 35.5. The summed E-state index contributed by atoms with van der Waals surface area (Å²) < 4.78 is 1.83. The van der Waals surface area contributed by atoms with Crippen molar-refractivity contribution in [1.29, 1.82) is 0 Å². The van der Waals surface area contributed by atoms with E-state index >= 15 is 0 Å². The van der Waals surface area contributed by atoms with Gasteiger partial charge in [0.15, 0.2) is 0 Å². The average Bonchev–Trinajstić information content (AvgIpc) is 3.00. The molecular weight excluding hydrogens is 284 g/mol. The summed E-state index contributed by atoms with van der Waals surface area (Å²) in [6.07, 6.45) is 3.78. The molecule has 1 heterocycles. The molecule has 0 bridgehead atoms. The molecule has 21 heavy (non-hydrogen) atoms. The first kappa shape index (κ1) is 13.8. The second kappa shape index (κ2) is 6.10. The van der Waals surface area contributed by atoms with E-state index in [2.05, 4.69) is 10.5 Å². The number of rotatable bonds is 4. The molecule has 0 amide bonds. The molecule has 1 unspecified atom stereocenters. The van der Waals surface area contributed by atoms with Crippen LogP contribution in [0.1, 0.15) is 17.2 Å². The first-order valence-corrected chi connectivity index (χ1v) is 6.97. The van der Waals surface area contributed by atoms with Crippen LogP contribution in [0.15, 0.2) is 67.0 Å². The summed E-state index contributed by atoms with van der Waals surface area (Å²) in [6, 6.07) is 17.4. The van der Waals surface area contributed by atoms with Gasteiger partial charge in [-0.15, -0.1) is 0 Å². The zero-order chi connectivity index (χ0) is 14.7. The standard InChI is InChI=1S/C16H15ClN4/c17-14-8-6-12(7-9-14)16(20-18)13-10-19-21(11-13)15-4-2-1-3-5-15/h1-11,16,20H,18H2. The first-order chi connectivity index (χ1) is 10.3. The van der Waals surface area contributed by atoms with Crippen LogP contribution in [0.2, 0.25) is 5.02 Å². The number of para-hydroxylation sites is 1. The predicted molar refractivity (Wildman–Crippen MR) is 84.2 cm³/mol. The van der Waals surface area contributed by atoms with Crippen molar-refractivity contribution in [2.24, 2.45) is 5.84 Å². The Balaban J connectivity index is 1.92. The molecule has 0 aliphatic carbocycles. The SMILES string of the molecule is NNC(c1ccc(Cl)cc1)c1cnn(-c2ccccc2)c1. The number of nitrogens with one attached hydrogen (secondary N) is 1. The van der Waals surface area contributed by atoms with Gasteiger partial charge in [0.2, 0.25) is 0 Å². The number of halogens is 1. The van der Waals surface area contributed by atoms with Crippen molar-refractivity contribution in [2.45, 2.75) is 6.04 Å². The Bertz CT molecular complexity index is 707. The number of hydrazine groups is 1. The highest BCUT2D eigenvalue weighted by Crippen LogP contribution is 2.23. The molecule has 2 aromatic carbocycles. The summed E-state index contributed by atoms with van der Waals surface area (Å²) in [7, 11) is 0. The Morgan fingerprint density at radius 2 is 1.71 bits per heavy atom. The summed E-state index contributed by atoms with van der Waals surface area (Å²) in [5, 5.41) is 5.10. The summed E-state index contributed by atoms with van der Waals surface area (Å²) in [5.41, 5.74) is 5.86. The van der Waals surface area contributed by atoms with E-state index in [1.807, 2.05) is 71.7 Å². The molecule has 0 spiro atoms. The Morgan fingerprint density at radius 1 is 1.00 bits per heavy atom. The van der Waals surface area contributed by atoms with Crippen molar-refractivity contribution >= 4 is 11.6 Å². The number of hydrogen-bond donors (Lipinski definition) is 2. The third-order valence-electron chi connectivity index (χ3n) is 3.33. The summed E-state index contributed by atoms with van der Waals surface area (Å²) in [5.74, 6) is 5.70. The molecule has 3 rings (SSSR count). The second-order valence-electron chi connectivity index (χ2n) is 4.71. The summed E-state index contributed by atoms with van der Waals surface area (Å²) in [4.78, 5) is 0. The molecular formula is C16H15ClN4. The van der Waals surface area contributed by atoms with Gasteiger partial charge in [-0.3, -0.25) is 5.84 Å². The lowest BCUT2D eigenvalue weighted by molar-refractivity contribution is 0.637. The van der Waals surface area contributed by atoms with Gasteiger partial charge < -0.3 is 0 Å². The van der Waals surface area contributed by atoms with E-state index < -0.39 is 0 Å². The molecule has 0 aliphatic heterocycles. The maximum absolute atomic E-state index is 5.92. The zero-order valence-electron chi connectivity index (χ0n) is 11.3. The number of benzene rings is 2. The number of nitrogens with zero attached hydrogens (tertiary/aromatic N) is 2. The molecule has 0 fully saturated rings. The highest BCUT2D eigenvalue weighted by Gasteiger charge is 2.14. The van der Waals surface area contributed by atoms with E-state index in [9.17, 15) is 0 Å². The van der Waals surface area contributed by atoms with Gasteiger partial charge in [0.1, 0.15) is 0 Å². The fraction of sp³-hybridized carbons (Fsp3) is 0.0625. The number of nitrogens with two attached hydrogens (primary N) is 1. The van der Waals surface area contributed by atoms with Crippen molar-refractivity contribution in [2.75, 3.05) is 0 Å². The molecule has 3 N–H and O–H groups in total. The van der Waals surface area contributed by atoms with E-state index in [1.165, 1.54) is 0 Å². The van der Waals surface area contributed by atoms with Crippen LogP contribution in [0.5, 0.6) is 0 Å². The van der Waals surface area contributed by atoms with Gasteiger partial charge in [0.25, 0.3) is 0 Å². The van der Waals surface area contributed by atoms with Crippen molar-refractivity contribution < 1.29 is 0 Å². The van der Waals surface area contributed by atoms with Gasteiger partial charge in [-0.1, -0.05) is 41.9 Å². The quantitative estimate of drug-likeness (QED) is 0.575. The van der Waals surface area contributed by atoms with Crippen molar-refractivity contribution in [3.63, 3.8) is 0 Å². The summed E-state index contributed by atoms with van der Waals surface area (Å²) >= 11 is 5.92. The second-order valence-corrected chi connectivity index (χ2v) is 5.14. The van der Waals surface area contributed by atoms with Gasteiger partial charge >= 0.3 is 0 Å². The fourth-order valence-electron chi connectivity index (χ4n) is 2.25. The lowest BCUT2D eigenvalue weighted by Gasteiger charge is -2.14. The van der Waals surface area contributed by atoms with Gasteiger partial charge in [0.05, 0.1) is 17.9 Å². The number of hydrogen-bond acceptors (Lipinski definition) is 3. The fourth-order valence-corrected chi connectivity index (χ4v) is 2.37. The van der Waals surface area contributed by atoms with Crippen LogP contribution in [0.4, 0.5) is 0 Å². The van der Waals surface area contributed by atoms with Crippen LogP contribution < -0.4 is 11.3 Å². The third-order valence-corrected chi connectivity index (χ3v) is 3.58. The largest absolute Gasteiger partial charge is 0.271 e. The Kier molecular flexibility index (Phi) is 4.01. The van der Waals surface area contributed by atoms with Crippen molar-refractivity contribution in [3.05, 3.63) is 83.1 Å². The molecule has 106 valence electrons. The molecule has 0 saturated heterocycles. The van der Waals surface area contributed by atoms with Crippen molar-refractivity contribution in [3.8, 4) is 5.69 Å². The number of aromatic nitrogens is 2. The van der Waals surface area contributed by atoms with Crippen LogP contribution in [0, 0.1) is 0 Å². The van der Waals surface area contributed by atoms with Gasteiger partial charge in [0, 0.05) is 16.8 Å². The van der Waals surface area contributed by atoms with E-state index in [4.69, 9.17) is 17.4 Å². The Labute approximate surface area is 128 Å². The first-order valence-electron chi connectivity index (χ1n) is 6.59. The molecule has 4 nitrogen and oxygen atoms in total. The topological polar surface area (TPSA) is 55.9 Å². The van der Waals surface area contributed by atoms with E-state index in [1.54, 1.807) is 0 Å². The van der Waals surface area contributed by atoms with Crippen LogP contribution in [-0.4, -0.2) is 9.78 Å². The highest BCUT2D eigenvalue weighted by molar-refractivity contribution is 6.30. The molecule has 0 radical (unpaired) electrons. The Hall–Kier alpha value is -2.14. The minimum absolute atomic E-state index is 0.125. The monoisotopic (exact) mass is 298 g/mol. The normalized spacial score (nSPS) is 12.3. The van der Waals surface area contributed by atoms with Gasteiger partial charge in [-0.2, -0.15) is 5.10 Å². The van der Waals surface area contributed by atoms with Crippen LogP contribution in [0.3, 0.4) is 0 Å². The zero-order valence-corrected chi connectivity index (χ0v) is 12.0. The van der Waals surface area contributed by atoms with E-state index in [0.717, 1.165) is 16.8 Å². The van der Waals surface area contributed by atoms with Crippen LogP contribution in [-0.2, 0) is 0 Å². The van der Waals surface area contributed by atoms with Crippen LogP contribution >= 0.6 is 11.6 Å². The van der Waals surface area contributed by atoms with Gasteiger partial charge in [-0.25, -0.2) is 10.1 Å². The van der Waals surface area contributed by atoms with Gasteiger partial charge in [-0.05, 0) is 29.8 Å². The van der Waals surface area contributed by atoms with E-state index in [-0.39, 0.29) is 6.04 Å². The Morgan fingerprint density at radius 3 is 2.38 bits per heavy atom. The average molecular weight is 299 g/mol. The maximum atomic E-state index is 5.92. The molecule has 3 aromatic rings. The maximum Gasteiger partial charge on any atom is 0.0740 e. The third kappa shape index (κ3) is 2.97. The molecule has 0 aliphatic rings. The lowest BCUT2D eigenvalue weighted by Crippen LogP contribution is -2.28.